The highest BCUT2D eigenvalue weighted by Gasteiger charge is 2.10. The van der Waals surface area contributed by atoms with Gasteiger partial charge in [-0.25, -0.2) is 0 Å². The van der Waals surface area contributed by atoms with E-state index in [1.807, 2.05) is 31.2 Å². The molecule has 0 aliphatic heterocycles. The van der Waals surface area contributed by atoms with Gasteiger partial charge in [0.1, 0.15) is 6.42 Å². The minimum absolute atomic E-state index is 0.0385. The van der Waals surface area contributed by atoms with Crippen molar-refractivity contribution in [3.8, 4) is 0 Å². The molecule has 0 aromatic heterocycles. The average Bonchev–Trinajstić information content (AvgIpc) is 2.54. The number of hydrogen-bond donors (Lipinski definition) is 2. The van der Waals surface area contributed by atoms with Crippen molar-refractivity contribution >= 4 is 23.3 Å². The van der Waals surface area contributed by atoms with Gasteiger partial charge in [0, 0.05) is 17.8 Å². The fourth-order valence-corrected chi connectivity index (χ4v) is 2.20. The molecule has 0 saturated carbocycles. The molecule has 0 atom stereocenters. The van der Waals surface area contributed by atoms with Crippen LogP contribution in [0.15, 0.2) is 48.5 Å². The van der Waals surface area contributed by atoms with E-state index in [1.54, 1.807) is 24.3 Å². The largest absolute Gasteiger partial charge is 0.352 e. The number of carbonyl (C=O) groups excluding carboxylic acids is 3. The predicted molar refractivity (Wildman–Crippen MR) is 92.7 cm³/mol. The van der Waals surface area contributed by atoms with Gasteiger partial charge in [-0.3, -0.25) is 14.4 Å². The number of nitrogens with one attached hydrogen (secondary N) is 2. The summed E-state index contributed by atoms with van der Waals surface area (Å²) in [6.07, 6.45) is -0.250. The average molecular weight is 324 g/mol. The van der Waals surface area contributed by atoms with Crippen LogP contribution in [0.5, 0.6) is 0 Å². The van der Waals surface area contributed by atoms with Crippen molar-refractivity contribution in [3.05, 3.63) is 65.2 Å². The van der Waals surface area contributed by atoms with Crippen molar-refractivity contribution in [2.24, 2.45) is 0 Å². The summed E-state index contributed by atoms with van der Waals surface area (Å²) in [7, 11) is 0. The van der Waals surface area contributed by atoms with E-state index in [0.29, 0.717) is 17.8 Å². The molecule has 24 heavy (non-hydrogen) atoms. The van der Waals surface area contributed by atoms with Crippen molar-refractivity contribution in [2.45, 2.75) is 26.8 Å². The van der Waals surface area contributed by atoms with Crippen LogP contribution in [0, 0.1) is 6.92 Å². The number of ketones is 1. The Labute approximate surface area is 141 Å². The molecule has 2 amide bonds. The number of carbonyl (C=O) groups is 3. The molecule has 0 unspecified atom stereocenters. The molecule has 0 aliphatic carbocycles. The smallest absolute Gasteiger partial charge is 0.233 e. The minimum atomic E-state index is -0.396. The second-order valence-electron chi connectivity index (χ2n) is 5.56. The topological polar surface area (TPSA) is 75.3 Å². The first-order valence-corrected chi connectivity index (χ1v) is 7.68. The molecule has 2 aromatic rings. The molecule has 0 bridgehead atoms. The van der Waals surface area contributed by atoms with Crippen molar-refractivity contribution in [1.29, 1.82) is 0 Å². The molecule has 0 saturated heterocycles. The van der Waals surface area contributed by atoms with E-state index >= 15 is 0 Å². The fraction of sp³-hybridized carbons (Fsp3) is 0.211. The summed E-state index contributed by atoms with van der Waals surface area (Å²) in [6, 6.07) is 14.3. The summed E-state index contributed by atoms with van der Waals surface area (Å²) in [4.78, 5) is 34.9. The maximum absolute atomic E-state index is 11.9. The first-order chi connectivity index (χ1) is 11.5. The van der Waals surface area contributed by atoms with E-state index < -0.39 is 5.91 Å². The van der Waals surface area contributed by atoms with E-state index in [2.05, 4.69) is 10.6 Å². The van der Waals surface area contributed by atoms with E-state index in [4.69, 9.17) is 0 Å². The highest BCUT2D eigenvalue weighted by Crippen LogP contribution is 2.10. The zero-order valence-corrected chi connectivity index (χ0v) is 13.8. The monoisotopic (exact) mass is 324 g/mol. The molecule has 124 valence electrons. The van der Waals surface area contributed by atoms with Gasteiger partial charge in [0.25, 0.3) is 0 Å². The second kappa shape index (κ2) is 8.06. The van der Waals surface area contributed by atoms with Crippen molar-refractivity contribution < 1.29 is 14.4 Å². The summed E-state index contributed by atoms with van der Waals surface area (Å²) in [5.74, 6) is -0.771. The summed E-state index contributed by atoms with van der Waals surface area (Å²) >= 11 is 0. The van der Waals surface area contributed by atoms with E-state index in [9.17, 15) is 14.4 Å². The highest BCUT2D eigenvalue weighted by molar-refractivity contribution is 6.03. The molecule has 0 fully saturated rings. The third-order valence-electron chi connectivity index (χ3n) is 3.63. The van der Waals surface area contributed by atoms with E-state index in [1.165, 1.54) is 6.92 Å². The zero-order chi connectivity index (χ0) is 17.5. The van der Waals surface area contributed by atoms with Crippen molar-refractivity contribution in [2.75, 3.05) is 5.32 Å². The third-order valence-corrected chi connectivity index (χ3v) is 3.63. The molecule has 2 aromatic carbocycles. The van der Waals surface area contributed by atoms with Crippen LogP contribution in [0.2, 0.25) is 0 Å². The lowest BCUT2D eigenvalue weighted by molar-refractivity contribution is -0.126. The van der Waals surface area contributed by atoms with E-state index in [-0.39, 0.29) is 18.1 Å². The first-order valence-electron chi connectivity index (χ1n) is 7.68. The standard InChI is InChI=1S/C19H20N2O3/c1-13-5-3-4-6-16(13)12-20-18(23)11-19(24)21-17-9-7-15(8-10-17)14(2)22/h3-10H,11-12H2,1-2H3,(H,20,23)(H,21,24). The number of amides is 2. The molecule has 0 aliphatic rings. The van der Waals surface area contributed by atoms with Gasteiger partial charge in [0.15, 0.2) is 5.78 Å². The number of hydrogen-bond acceptors (Lipinski definition) is 3. The Hall–Kier alpha value is -2.95. The van der Waals surface area contributed by atoms with Gasteiger partial charge in [0.2, 0.25) is 11.8 Å². The number of anilines is 1. The maximum Gasteiger partial charge on any atom is 0.233 e. The maximum atomic E-state index is 11.9. The van der Waals surface area contributed by atoms with Gasteiger partial charge >= 0.3 is 0 Å². The van der Waals surface area contributed by atoms with Crippen LogP contribution in [0.4, 0.5) is 5.69 Å². The summed E-state index contributed by atoms with van der Waals surface area (Å²) < 4.78 is 0. The number of rotatable bonds is 6. The zero-order valence-electron chi connectivity index (χ0n) is 13.8. The predicted octanol–water partition coefficient (Wildman–Crippen LogP) is 2.84. The van der Waals surface area contributed by atoms with Gasteiger partial charge in [0.05, 0.1) is 0 Å². The Bertz CT molecular complexity index is 751. The van der Waals surface area contributed by atoms with Crippen LogP contribution in [0.3, 0.4) is 0 Å². The molecule has 0 radical (unpaired) electrons. The van der Waals surface area contributed by atoms with Crippen LogP contribution >= 0.6 is 0 Å². The quantitative estimate of drug-likeness (QED) is 0.634. The molecular weight excluding hydrogens is 304 g/mol. The Morgan fingerprint density at radius 3 is 2.21 bits per heavy atom. The lowest BCUT2D eigenvalue weighted by atomic mass is 10.1. The van der Waals surface area contributed by atoms with Gasteiger partial charge in [-0.15, -0.1) is 0 Å². The van der Waals surface area contributed by atoms with Crippen LogP contribution in [0.1, 0.15) is 34.8 Å². The van der Waals surface area contributed by atoms with Crippen molar-refractivity contribution in [3.63, 3.8) is 0 Å². The minimum Gasteiger partial charge on any atom is -0.352 e. The molecule has 2 N–H and O–H groups in total. The Morgan fingerprint density at radius 1 is 0.917 bits per heavy atom. The molecule has 0 spiro atoms. The molecule has 0 heterocycles. The Kier molecular flexibility index (Phi) is 5.84. The molecule has 5 nitrogen and oxygen atoms in total. The SMILES string of the molecule is CC(=O)c1ccc(NC(=O)CC(=O)NCc2ccccc2C)cc1. The van der Waals surface area contributed by atoms with Crippen LogP contribution in [0.25, 0.3) is 0 Å². The van der Waals surface area contributed by atoms with Crippen LogP contribution in [-0.4, -0.2) is 17.6 Å². The number of aryl methyl sites for hydroxylation is 1. The van der Waals surface area contributed by atoms with Gasteiger partial charge in [-0.05, 0) is 49.2 Å². The highest BCUT2D eigenvalue weighted by atomic mass is 16.2. The summed E-state index contributed by atoms with van der Waals surface area (Å²) in [5.41, 5.74) is 3.24. The van der Waals surface area contributed by atoms with Gasteiger partial charge in [-0.2, -0.15) is 0 Å². The Morgan fingerprint density at radius 2 is 1.58 bits per heavy atom. The molecule has 2 rings (SSSR count). The summed E-state index contributed by atoms with van der Waals surface area (Å²) in [5, 5.41) is 5.37. The number of Topliss-reactive ketones (excluding diaryl/α,β-unsaturated/α-hetero) is 1. The van der Waals surface area contributed by atoms with Crippen LogP contribution in [-0.2, 0) is 16.1 Å². The number of benzene rings is 2. The molecular formula is C19H20N2O3. The first kappa shape index (κ1) is 17.4. The van der Waals surface area contributed by atoms with Gasteiger partial charge < -0.3 is 10.6 Å². The fourth-order valence-electron chi connectivity index (χ4n) is 2.20. The lowest BCUT2D eigenvalue weighted by Gasteiger charge is -2.08. The van der Waals surface area contributed by atoms with Crippen molar-refractivity contribution in [1.82, 2.24) is 5.32 Å². The summed E-state index contributed by atoms with van der Waals surface area (Å²) in [6.45, 7) is 3.84. The Balaban J connectivity index is 1.82. The molecule has 5 heteroatoms. The second-order valence-corrected chi connectivity index (χ2v) is 5.56. The third kappa shape index (κ3) is 5.05. The van der Waals surface area contributed by atoms with Crippen LogP contribution < -0.4 is 10.6 Å². The normalized spacial score (nSPS) is 10.1. The van der Waals surface area contributed by atoms with Gasteiger partial charge in [-0.1, -0.05) is 24.3 Å². The lowest BCUT2D eigenvalue weighted by Crippen LogP contribution is -2.28. The van der Waals surface area contributed by atoms with E-state index in [0.717, 1.165) is 11.1 Å².